The van der Waals surface area contributed by atoms with Crippen molar-refractivity contribution in [1.82, 2.24) is 4.98 Å². The van der Waals surface area contributed by atoms with Crippen molar-refractivity contribution in [2.24, 2.45) is 0 Å². The summed E-state index contributed by atoms with van der Waals surface area (Å²) in [5.74, 6) is 0.688. The fourth-order valence-corrected chi connectivity index (χ4v) is 1.64. The van der Waals surface area contributed by atoms with Gasteiger partial charge in [-0.2, -0.15) is 0 Å². The van der Waals surface area contributed by atoms with E-state index in [2.05, 4.69) is 4.98 Å². The van der Waals surface area contributed by atoms with Crippen LogP contribution in [0.5, 0.6) is 0 Å². The van der Waals surface area contributed by atoms with E-state index >= 15 is 0 Å². The molecule has 0 aliphatic heterocycles. The van der Waals surface area contributed by atoms with Crippen LogP contribution in [0.3, 0.4) is 0 Å². The van der Waals surface area contributed by atoms with Gasteiger partial charge in [0.15, 0.2) is 0 Å². The van der Waals surface area contributed by atoms with Gasteiger partial charge in [-0.3, -0.25) is 4.98 Å². The molecule has 1 heterocycles. The van der Waals surface area contributed by atoms with E-state index in [4.69, 9.17) is 12.6 Å². The van der Waals surface area contributed by atoms with Gasteiger partial charge in [-0.1, -0.05) is 11.5 Å². The summed E-state index contributed by atoms with van der Waals surface area (Å²) in [6, 6.07) is 3.62. The van der Waals surface area contributed by atoms with Gasteiger partial charge in [-0.15, -0.1) is 0 Å². The molecule has 1 aromatic rings. The molecule has 0 saturated heterocycles. The quantitative estimate of drug-likeness (QED) is 0.743. The Morgan fingerprint density at radius 3 is 2.76 bits per heavy atom. The Balaban J connectivity index is 2.02. The SMILES string of the molecule is [B]c1ccc(C(C)OC2=CC=C(F)CC2)nc1. The molecule has 0 amide bonds. The van der Waals surface area contributed by atoms with Crippen LogP contribution >= 0.6 is 0 Å². The molecular formula is C13H13BFNO. The second kappa shape index (κ2) is 5.17. The molecule has 1 unspecified atom stereocenters. The minimum absolute atomic E-state index is 0.101. The van der Waals surface area contributed by atoms with Crippen molar-refractivity contribution in [2.45, 2.75) is 25.9 Å². The minimum atomic E-state index is -0.156. The van der Waals surface area contributed by atoms with Crippen LogP contribution < -0.4 is 5.46 Å². The van der Waals surface area contributed by atoms with Crippen LogP contribution in [0.15, 0.2) is 42.1 Å². The van der Waals surface area contributed by atoms with Gasteiger partial charge in [-0.25, -0.2) is 4.39 Å². The smallest absolute Gasteiger partial charge is 0.137 e. The van der Waals surface area contributed by atoms with Crippen molar-refractivity contribution in [1.29, 1.82) is 0 Å². The van der Waals surface area contributed by atoms with E-state index in [0.717, 1.165) is 11.5 Å². The molecular weight excluding hydrogens is 216 g/mol. The Morgan fingerprint density at radius 2 is 2.18 bits per heavy atom. The predicted octanol–water partition coefficient (Wildman–Crippen LogP) is 2.48. The largest absolute Gasteiger partial charge is 0.489 e. The van der Waals surface area contributed by atoms with Crippen molar-refractivity contribution < 1.29 is 9.13 Å². The summed E-state index contributed by atoms with van der Waals surface area (Å²) in [6.07, 6.45) is 5.57. The maximum absolute atomic E-state index is 12.8. The van der Waals surface area contributed by atoms with E-state index in [1.54, 1.807) is 18.3 Å². The summed E-state index contributed by atoms with van der Waals surface area (Å²) in [5, 5.41) is 0. The average molecular weight is 229 g/mol. The van der Waals surface area contributed by atoms with Crippen LogP contribution in [0.4, 0.5) is 4.39 Å². The molecule has 1 aliphatic carbocycles. The van der Waals surface area contributed by atoms with Gasteiger partial charge in [0.05, 0.1) is 11.5 Å². The first kappa shape index (κ1) is 11.9. The highest BCUT2D eigenvalue weighted by atomic mass is 19.1. The van der Waals surface area contributed by atoms with Gasteiger partial charge < -0.3 is 4.74 Å². The minimum Gasteiger partial charge on any atom is -0.489 e. The molecule has 2 radical (unpaired) electrons. The Labute approximate surface area is 102 Å². The van der Waals surface area contributed by atoms with Crippen LogP contribution in [0.2, 0.25) is 0 Å². The van der Waals surface area contributed by atoms with Gasteiger partial charge in [0, 0.05) is 19.0 Å². The molecule has 0 aromatic carbocycles. The Bertz CT molecular complexity index is 453. The molecule has 1 aliphatic rings. The zero-order valence-electron chi connectivity index (χ0n) is 9.69. The Kier molecular flexibility index (Phi) is 3.62. The number of pyridine rings is 1. The van der Waals surface area contributed by atoms with E-state index in [9.17, 15) is 4.39 Å². The topological polar surface area (TPSA) is 22.1 Å². The van der Waals surface area contributed by atoms with Gasteiger partial charge in [0.1, 0.15) is 19.8 Å². The third-order valence-corrected chi connectivity index (χ3v) is 2.61. The normalized spacial score (nSPS) is 17.1. The first-order chi connectivity index (χ1) is 8.15. The third kappa shape index (κ3) is 3.19. The average Bonchev–Trinajstić information content (AvgIpc) is 2.33. The lowest BCUT2D eigenvalue weighted by atomic mass is 9.98. The monoisotopic (exact) mass is 229 g/mol. The molecule has 0 N–H and O–H groups in total. The maximum atomic E-state index is 12.8. The third-order valence-electron chi connectivity index (χ3n) is 2.61. The fraction of sp³-hybridized carbons (Fsp3) is 0.308. The highest BCUT2D eigenvalue weighted by Crippen LogP contribution is 2.25. The van der Waals surface area contributed by atoms with E-state index in [1.807, 2.05) is 13.0 Å². The van der Waals surface area contributed by atoms with Crippen molar-refractivity contribution in [3.63, 3.8) is 0 Å². The first-order valence-corrected chi connectivity index (χ1v) is 5.58. The molecule has 0 fully saturated rings. The van der Waals surface area contributed by atoms with Crippen molar-refractivity contribution in [2.75, 3.05) is 0 Å². The zero-order valence-corrected chi connectivity index (χ0v) is 9.69. The van der Waals surface area contributed by atoms with Crippen LogP contribution in [0.25, 0.3) is 0 Å². The first-order valence-electron chi connectivity index (χ1n) is 5.58. The molecule has 2 rings (SSSR count). The van der Waals surface area contributed by atoms with Crippen LogP contribution in [-0.4, -0.2) is 12.8 Å². The Morgan fingerprint density at radius 1 is 1.35 bits per heavy atom. The van der Waals surface area contributed by atoms with E-state index in [-0.39, 0.29) is 11.9 Å². The van der Waals surface area contributed by atoms with E-state index in [0.29, 0.717) is 18.3 Å². The molecule has 1 atom stereocenters. The molecule has 0 bridgehead atoms. The van der Waals surface area contributed by atoms with Gasteiger partial charge >= 0.3 is 0 Å². The lowest BCUT2D eigenvalue weighted by molar-refractivity contribution is 0.120. The summed E-state index contributed by atoms with van der Waals surface area (Å²) in [6.45, 7) is 1.91. The summed E-state index contributed by atoms with van der Waals surface area (Å²) < 4.78 is 18.5. The molecule has 0 saturated carbocycles. The number of hydrogen-bond donors (Lipinski definition) is 0. The lowest BCUT2D eigenvalue weighted by Gasteiger charge is -2.18. The summed E-state index contributed by atoms with van der Waals surface area (Å²) in [7, 11) is 5.56. The molecule has 2 nitrogen and oxygen atoms in total. The summed E-state index contributed by atoms with van der Waals surface area (Å²) in [5.41, 5.74) is 1.44. The highest BCUT2D eigenvalue weighted by molar-refractivity contribution is 6.31. The standard InChI is InChI=1S/C13H13BFNO/c1-9(13-7-2-10(14)8-16-13)17-12-5-3-11(15)4-6-12/h2-3,5,7-9H,4,6H2,1H3. The Hall–Kier alpha value is -1.58. The number of ether oxygens (including phenoxy) is 1. The highest BCUT2D eigenvalue weighted by Gasteiger charge is 2.12. The number of aromatic nitrogens is 1. The summed E-state index contributed by atoms with van der Waals surface area (Å²) >= 11 is 0. The molecule has 17 heavy (non-hydrogen) atoms. The van der Waals surface area contributed by atoms with E-state index in [1.165, 1.54) is 6.08 Å². The maximum Gasteiger partial charge on any atom is 0.137 e. The number of rotatable bonds is 3. The second-order valence-corrected chi connectivity index (χ2v) is 4.02. The van der Waals surface area contributed by atoms with Gasteiger partial charge in [-0.05, 0) is 25.1 Å². The van der Waals surface area contributed by atoms with Crippen molar-refractivity contribution >= 4 is 13.3 Å². The zero-order chi connectivity index (χ0) is 12.3. The predicted molar refractivity (Wildman–Crippen MR) is 65.6 cm³/mol. The fourth-order valence-electron chi connectivity index (χ4n) is 1.64. The van der Waals surface area contributed by atoms with Gasteiger partial charge in [0.2, 0.25) is 0 Å². The molecule has 86 valence electrons. The number of allylic oxidation sites excluding steroid dienone is 4. The van der Waals surface area contributed by atoms with Crippen LogP contribution in [0, 0.1) is 0 Å². The van der Waals surface area contributed by atoms with Crippen molar-refractivity contribution in [3.8, 4) is 0 Å². The van der Waals surface area contributed by atoms with Crippen LogP contribution in [0.1, 0.15) is 31.6 Å². The molecule has 1 aromatic heterocycles. The van der Waals surface area contributed by atoms with Gasteiger partial charge in [0.25, 0.3) is 0 Å². The van der Waals surface area contributed by atoms with Crippen molar-refractivity contribution in [3.05, 3.63) is 47.8 Å². The van der Waals surface area contributed by atoms with E-state index < -0.39 is 0 Å². The summed E-state index contributed by atoms with van der Waals surface area (Å²) in [4.78, 5) is 4.19. The number of nitrogens with zero attached hydrogens (tertiary/aromatic N) is 1. The number of halogens is 1. The second-order valence-electron chi connectivity index (χ2n) is 4.02. The molecule has 0 spiro atoms. The number of hydrogen-bond acceptors (Lipinski definition) is 2. The molecule has 4 heteroatoms. The van der Waals surface area contributed by atoms with Crippen LogP contribution in [-0.2, 0) is 4.74 Å². The lowest BCUT2D eigenvalue weighted by Crippen LogP contribution is -2.08.